The Labute approximate surface area is 146 Å². The van der Waals surface area contributed by atoms with Crippen molar-refractivity contribution in [2.45, 2.75) is 19.4 Å². The molecule has 3 aromatic carbocycles. The van der Waals surface area contributed by atoms with Gasteiger partial charge in [0.05, 0.1) is 11.0 Å². The van der Waals surface area contributed by atoms with Crippen molar-refractivity contribution in [1.82, 2.24) is 9.55 Å². The molecule has 0 aliphatic carbocycles. The molecule has 0 fully saturated rings. The normalized spacial score (nSPS) is 11.1. The lowest BCUT2D eigenvalue weighted by atomic mass is 10.1. The van der Waals surface area contributed by atoms with E-state index in [-0.39, 0.29) is 5.82 Å². The van der Waals surface area contributed by atoms with Gasteiger partial charge in [-0.05, 0) is 54.8 Å². The van der Waals surface area contributed by atoms with Crippen LogP contribution in [0.25, 0.3) is 22.4 Å². The number of aryl methyl sites for hydroxylation is 2. The third kappa shape index (κ3) is 3.31. The van der Waals surface area contributed by atoms with Gasteiger partial charge >= 0.3 is 0 Å². The van der Waals surface area contributed by atoms with E-state index in [1.807, 2.05) is 24.3 Å². The number of fused-ring (bicyclic) bond motifs is 1. The lowest BCUT2D eigenvalue weighted by Crippen LogP contribution is -2.02. The van der Waals surface area contributed by atoms with Gasteiger partial charge in [-0.2, -0.15) is 0 Å². The standard InChI is InChI=1S/C22H19FN2/c23-19-14-12-18(13-15-19)22-24-20-10-4-5-11-21(20)25(22)16-6-9-17-7-2-1-3-8-17/h1-5,7-8,10-15H,6,9,16H2. The highest BCUT2D eigenvalue weighted by atomic mass is 19.1. The molecule has 0 unspecified atom stereocenters. The molecule has 0 N–H and O–H groups in total. The summed E-state index contributed by atoms with van der Waals surface area (Å²) in [5.74, 6) is 0.671. The Bertz CT molecular complexity index is 972. The maximum Gasteiger partial charge on any atom is 0.141 e. The van der Waals surface area contributed by atoms with E-state index in [2.05, 4.69) is 34.9 Å². The number of imidazole rings is 1. The van der Waals surface area contributed by atoms with Crippen LogP contribution < -0.4 is 0 Å². The van der Waals surface area contributed by atoms with Crippen LogP contribution >= 0.6 is 0 Å². The molecule has 0 aliphatic heterocycles. The van der Waals surface area contributed by atoms with Crippen molar-refractivity contribution in [3.05, 3.63) is 90.2 Å². The van der Waals surface area contributed by atoms with Crippen LogP contribution in [0.3, 0.4) is 0 Å². The first kappa shape index (κ1) is 15.6. The van der Waals surface area contributed by atoms with Gasteiger partial charge in [0.25, 0.3) is 0 Å². The summed E-state index contributed by atoms with van der Waals surface area (Å²) in [4.78, 5) is 4.78. The van der Waals surface area contributed by atoms with Crippen LogP contribution in [0.1, 0.15) is 12.0 Å². The molecule has 3 heteroatoms. The molecule has 2 nitrogen and oxygen atoms in total. The molecule has 0 spiro atoms. The van der Waals surface area contributed by atoms with Crippen LogP contribution in [-0.2, 0) is 13.0 Å². The summed E-state index contributed by atoms with van der Waals surface area (Å²) in [6, 6.07) is 25.2. The molecule has 1 aromatic heterocycles. The Balaban J connectivity index is 1.66. The third-order valence-electron chi connectivity index (χ3n) is 4.45. The van der Waals surface area contributed by atoms with Crippen molar-refractivity contribution in [2.24, 2.45) is 0 Å². The molecule has 4 aromatic rings. The van der Waals surface area contributed by atoms with Crippen LogP contribution in [0.4, 0.5) is 4.39 Å². The number of aromatic nitrogens is 2. The molecule has 0 aliphatic rings. The molecular formula is C22H19FN2. The number of halogens is 1. The van der Waals surface area contributed by atoms with Crippen LogP contribution in [0.2, 0.25) is 0 Å². The van der Waals surface area contributed by atoms with Gasteiger partial charge in [-0.15, -0.1) is 0 Å². The number of hydrogen-bond donors (Lipinski definition) is 0. The summed E-state index contributed by atoms with van der Waals surface area (Å²) in [5, 5.41) is 0. The van der Waals surface area contributed by atoms with Gasteiger partial charge in [-0.3, -0.25) is 0 Å². The zero-order valence-corrected chi connectivity index (χ0v) is 13.9. The molecule has 124 valence electrons. The Morgan fingerprint density at radius 1 is 0.800 bits per heavy atom. The SMILES string of the molecule is Fc1ccc(-c2nc3ccccc3n2CCCc2ccccc2)cc1. The fourth-order valence-electron chi connectivity index (χ4n) is 3.21. The molecule has 0 amide bonds. The Hall–Kier alpha value is -2.94. The summed E-state index contributed by atoms with van der Waals surface area (Å²) < 4.78 is 15.5. The van der Waals surface area contributed by atoms with E-state index in [0.29, 0.717) is 0 Å². The predicted octanol–water partition coefficient (Wildman–Crippen LogP) is 5.48. The van der Waals surface area contributed by atoms with Crippen molar-refractivity contribution < 1.29 is 4.39 Å². The minimum absolute atomic E-state index is 0.226. The van der Waals surface area contributed by atoms with E-state index in [1.165, 1.54) is 17.7 Å². The monoisotopic (exact) mass is 330 g/mol. The topological polar surface area (TPSA) is 17.8 Å². The van der Waals surface area contributed by atoms with Gasteiger partial charge in [0.2, 0.25) is 0 Å². The number of para-hydroxylation sites is 2. The molecule has 0 atom stereocenters. The molecule has 25 heavy (non-hydrogen) atoms. The van der Waals surface area contributed by atoms with Crippen LogP contribution in [-0.4, -0.2) is 9.55 Å². The largest absolute Gasteiger partial charge is 0.324 e. The van der Waals surface area contributed by atoms with Crippen molar-refractivity contribution in [3.8, 4) is 11.4 Å². The maximum absolute atomic E-state index is 13.3. The van der Waals surface area contributed by atoms with Gasteiger partial charge in [-0.1, -0.05) is 42.5 Å². The van der Waals surface area contributed by atoms with Crippen molar-refractivity contribution >= 4 is 11.0 Å². The molecule has 4 rings (SSSR count). The first-order valence-electron chi connectivity index (χ1n) is 8.56. The summed E-state index contributed by atoms with van der Waals surface area (Å²) in [5.41, 5.74) is 4.38. The van der Waals surface area contributed by atoms with Crippen LogP contribution in [0, 0.1) is 5.82 Å². The van der Waals surface area contributed by atoms with E-state index in [4.69, 9.17) is 4.98 Å². The van der Waals surface area contributed by atoms with Crippen LogP contribution in [0.5, 0.6) is 0 Å². The zero-order valence-electron chi connectivity index (χ0n) is 13.9. The molecule has 0 radical (unpaired) electrons. The average molecular weight is 330 g/mol. The van der Waals surface area contributed by atoms with Gasteiger partial charge in [0.1, 0.15) is 11.6 Å². The van der Waals surface area contributed by atoms with E-state index in [1.54, 1.807) is 12.1 Å². The minimum Gasteiger partial charge on any atom is -0.324 e. The molecule has 0 saturated heterocycles. The summed E-state index contributed by atoms with van der Waals surface area (Å²) in [6.07, 6.45) is 2.05. The fourth-order valence-corrected chi connectivity index (χ4v) is 3.21. The number of rotatable bonds is 5. The Morgan fingerprint density at radius 2 is 1.52 bits per heavy atom. The molecule has 0 bridgehead atoms. The van der Waals surface area contributed by atoms with Crippen molar-refractivity contribution in [1.29, 1.82) is 0 Å². The lowest BCUT2D eigenvalue weighted by molar-refractivity contribution is 0.627. The third-order valence-corrected chi connectivity index (χ3v) is 4.45. The maximum atomic E-state index is 13.3. The lowest BCUT2D eigenvalue weighted by Gasteiger charge is -2.10. The summed E-state index contributed by atoms with van der Waals surface area (Å²) in [7, 11) is 0. The smallest absolute Gasteiger partial charge is 0.141 e. The number of nitrogens with zero attached hydrogens (tertiary/aromatic N) is 2. The van der Waals surface area contributed by atoms with Gasteiger partial charge in [0, 0.05) is 12.1 Å². The van der Waals surface area contributed by atoms with Crippen molar-refractivity contribution in [3.63, 3.8) is 0 Å². The quantitative estimate of drug-likeness (QED) is 0.474. The predicted molar refractivity (Wildman–Crippen MR) is 99.9 cm³/mol. The number of benzene rings is 3. The minimum atomic E-state index is -0.226. The van der Waals surface area contributed by atoms with E-state index < -0.39 is 0 Å². The molecule has 0 saturated carbocycles. The highest BCUT2D eigenvalue weighted by Crippen LogP contribution is 2.25. The molecular weight excluding hydrogens is 311 g/mol. The van der Waals surface area contributed by atoms with Gasteiger partial charge in [0.15, 0.2) is 0 Å². The van der Waals surface area contributed by atoms with Gasteiger partial charge < -0.3 is 4.57 Å². The summed E-state index contributed by atoms with van der Waals surface area (Å²) >= 11 is 0. The van der Waals surface area contributed by atoms with E-state index in [0.717, 1.165) is 41.8 Å². The molecule has 1 heterocycles. The zero-order chi connectivity index (χ0) is 17.1. The average Bonchev–Trinajstić information content (AvgIpc) is 3.02. The summed E-state index contributed by atoms with van der Waals surface area (Å²) in [6.45, 7) is 0.877. The first-order valence-corrected chi connectivity index (χ1v) is 8.56. The second kappa shape index (κ2) is 6.89. The number of hydrogen-bond acceptors (Lipinski definition) is 1. The fraction of sp³-hybridized carbons (Fsp3) is 0.136. The van der Waals surface area contributed by atoms with Crippen molar-refractivity contribution in [2.75, 3.05) is 0 Å². The first-order chi connectivity index (χ1) is 12.3. The second-order valence-corrected chi connectivity index (χ2v) is 6.17. The Morgan fingerprint density at radius 3 is 2.32 bits per heavy atom. The van der Waals surface area contributed by atoms with Gasteiger partial charge in [-0.25, -0.2) is 9.37 Å². The highest BCUT2D eigenvalue weighted by molar-refractivity contribution is 5.80. The highest BCUT2D eigenvalue weighted by Gasteiger charge is 2.12. The van der Waals surface area contributed by atoms with Crippen LogP contribution in [0.15, 0.2) is 78.9 Å². The van der Waals surface area contributed by atoms with E-state index >= 15 is 0 Å². The van der Waals surface area contributed by atoms with E-state index in [9.17, 15) is 4.39 Å². The second-order valence-electron chi connectivity index (χ2n) is 6.17. The Kier molecular flexibility index (Phi) is 4.30.